The number of hydrogen-bond donors (Lipinski definition) is 0. The van der Waals surface area contributed by atoms with Crippen molar-refractivity contribution in [2.24, 2.45) is 17.8 Å². The molecule has 1 rings (SSSR count). The van der Waals surface area contributed by atoms with E-state index in [1.54, 1.807) is 0 Å². The van der Waals surface area contributed by atoms with E-state index in [4.69, 9.17) is 9.47 Å². The molecule has 2 unspecified atom stereocenters. The van der Waals surface area contributed by atoms with Gasteiger partial charge in [0.15, 0.2) is 0 Å². The lowest BCUT2D eigenvalue weighted by molar-refractivity contribution is -0.146. The standard InChI is InChI=1S/C59H114N2O5/c1-7-12-17-20-27-34-43-57(62)61(50-53-46-48-60(6)49-47-53)56(41-32-25-21-23-28-35-44-58(63)65-51-54(37-15-10-4)39-30-18-13-8-2)42-33-26-22-24-29-36-45-59(64)66-52-55(38-16-11-5)40-31-19-14-9-3/h53-56H,7-52H2,1-6H3. The molecule has 1 amide bonds. The second-order valence-electron chi connectivity index (χ2n) is 21.4. The Morgan fingerprint density at radius 3 is 1.20 bits per heavy atom. The number of unbranched alkanes of at least 4 members (excludes halogenated alkanes) is 23. The van der Waals surface area contributed by atoms with Crippen LogP contribution >= 0.6 is 0 Å². The number of carbonyl (C=O) groups is 3. The fraction of sp³-hybridized carbons (Fsp3) is 0.949. The van der Waals surface area contributed by atoms with Crippen LogP contribution in [0.25, 0.3) is 0 Å². The highest BCUT2D eigenvalue weighted by atomic mass is 16.5. The van der Waals surface area contributed by atoms with Gasteiger partial charge in [-0.3, -0.25) is 14.4 Å². The van der Waals surface area contributed by atoms with Gasteiger partial charge < -0.3 is 19.3 Å². The van der Waals surface area contributed by atoms with Crippen molar-refractivity contribution >= 4 is 17.8 Å². The predicted octanol–water partition coefficient (Wildman–Crippen LogP) is 17.2. The first kappa shape index (κ1) is 62.4. The third-order valence-electron chi connectivity index (χ3n) is 15.0. The molecule has 390 valence electrons. The minimum Gasteiger partial charge on any atom is -0.465 e. The summed E-state index contributed by atoms with van der Waals surface area (Å²) in [5, 5.41) is 0. The molecule has 0 bridgehead atoms. The summed E-state index contributed by atoms with van der Waals surface area (Å²) in [6, 6.07) is 0.336. The molecular weight excluding hydrogens is 817 g/mol. The van der Waals surface area contributed by atoms with Crippen LogP contribution in [0, 0.1) is 17.8 Å². The van der Waals surface area contributed by atoms with E-state index in [1.165, 1.54) is 199 Å². The van der Waals surface area contributed by atoms with Crippen molar-refractivity contribution < 1.29 is 23.9 Å². The molecule has 2 atom stereocenters. The number of ether oxygens (including phenoxy) is 2. The number of likely N-dealkylation sites (tertiary alicyclic amines) is 1. The second-order valence-corrected chi connectivity index (χ2v) is 21.4. The topological polar surface area (TPSA) is 76.2 Å². The number of nitrogens with zero attached hydrogens (tertiary/aromatic N) is 2. The lowest BCUT2D eigenvalue weighted by atomic mass is 9.93. The summed E-state index contributed by atoms with van der Waals surface area (Å²) in [5.74, 6) is 2.07. The van der Waals surface area contributed by atoms with Crippen LogP contribution in [0.4, 0.5) is 0 Å². The van der Waals surface area contributed by atoms with Gasteiger partial charge in [0.2, 0.25) is 5.91 Å². The van der Waals surface area contributed by atoms with Gasteiger partial charge in [-0.2, -0.15) is 0 Å². The van der Waals surface area contributed by atoms with Crippen molar-refractivity contribution in [1.29, 1.82) is 0 Å². The molecule has 1 saturated heterocycles. The molecule has 0 N–H and O–H groups in total. The van der Waals surface area contributed by atoms with Crippen molar-refractivity contribution in [3.63, 3.8) is 0 Å². The molecule has 0 aromatic heterocycles. The zero-order chi connectivity index (χ0) is 48.1. The number of esters is 2. The highest BCUT2D eigenvalue weighted by Gasteiger charge is 2.28. The largest absolute Gasteiger partial charge is 0.465 e. The molecule has 0 aromatic rings. The quantitative estimate of drug-likeness (QED) is 0.0447. The first-order chi connectivity index (χ1) is 32.3. The molecule has 0 saturated carbocycles. The van der Waals surface area contributed by atoms with Gasteiger partial charge in [0.1, 0.15) is 0 Å². The van der Waals surface area contributed by atoms with E-state index in [9.17, 15) is 14.4 Å². The van der Waals surface area contributed by atoms with Gasteiger partial charge in [-0.1, -0.05) is 208 Å². The number of carbonyl (C=O) groups excluding carboxylic acids is 3. The van der Waals surface area contributed by atoms with Crippen LogP contribution in [-0.2, 0) is 23.9 Å². The third kappa shape index (κ3) is 36.4. The van der Waals surface area contributed by atoms with Gasteiger partial charge in [0.25, 0.3) is 0 Å². The maximum atomic E-state index is 14.2. The van der Waals surface area contributed by atoms with Crippen molar-refractivity contribution in [3.05, 3.63) is 0 Å². The molecule has 1 fully saturated rings. The Morgan fingerprint density at radius 1 is 0.439 bits per heavy atom. The Kier molecular flexibility index (Phi) is 43.3. The first-order valence-corrected chi connectivity index (χ1v) is 29.6. The smallest absolute Gasteiger partial charge is 0.305 e. The van der Waals surface area contributed by atoms with E-state index in [1.807, 2.05) is 0 Å². The summed E-state index contributed by atoms with van der Waals surface area (Å²) in [4.78, 5) is 44.3. The van der Waals surface area contributed by atoms with Gasteiger partial charge in [0, 0.05) is 31.8 Å². The minimum absolute atomic E-state index is 0.00204. The molecule has 0 aliphatic carbocycles. The van der Waals surface area contributed by atoms with E-state index in [0.717, 1.165) is 64.6 Å². The van der Waals surface area contributed by atoms with Gasteiger partial charge in [-0.25, -0.2) is 0 Å². The van der Waals surface area contributed by atoms with Crippen LogP contribution in [0.5, 0.6) is 0 Å². The van der Waals surface area contributed by atoms with Crippen LogP contribution in [-0.4, -0.2) is 73.6 Å². The Hall–Kier alpha value is -1.63. The van der Waals surface area contributed by atoms with E-state index in [-0.39, 0.29) is 11.9 Å². The maximum Gasteiger partial charge on any atom is 0.305 e. The van der Waals surface area contributed by atoms with Crippen LogP contribution in [0.15, 0.2) is 0 Å². The summed E-state index contributed by atoms with van der Waals surface area (Å²) in [6.07, 6.45) is 47.1. The zero-order valence-corrected chi connectivity index (χ0v) is 45.3. The monoisotopic (exact) mass is 931 g/mol. The van der Waals surface area contributed by atoms with E-state index in [2.05, 4.69) is 51.5 Å². The van der Waals surface area contributed by atoms with Crippen LogP contribution < -0.4 is 0 Å². The fourth-order valence-corrected chi connectivity index (χ4v) is 10.2. The van der Waals surface area contributed by atoms with Crippen molar-refractivity contribution in [3.8, 4) is 0 Å². The van der Waals surface area contributed by atoms with Crippen molar-refractivity contribution in [2.75, 3.05) is 39.9 Å². The normalized spacial score (nSPS) is 14.9. The van der Waals surface area contributed by atoms with Gasteiger partial charge in [-0.05, 0) is 109 Å². The summed E-state index contributed by atoms with van der Waals surface area (Å²) >= 11 is 0. The summed E-state index contributed by atoms with van der Waals surface area (Å²) < 4.78 is 11.6. The Balaban J connectivity index is 2.65. The van der Waals surface area contributed by atoms with Crippen LogP contribution in [0.1, 0.15) is 298 Å². The lowest BCUT2D eigenvalue weighted by Gasteiger charge is -2.38. The average Bonchev–Trinajstić information content (AvgIpc) is 3.32. The van der Waals surface area contributed by atoms with Crippen LogP contribution in [0.3, 0.4) is 0 Å². The number of piperidine rings is 1. The number of hydrogen-bond acceptors (Lipinski definition) is 6. The van der Waals surface area contributed by atoms with E-state index < -0.39 is 0 Å². The minimum atomic E-state index is -0.00204. The summed E-state index contributed by atoms with van der Waals surface area (Å²) in [7, 11) is 2.24. The lowest BCUT2D eigenvalue weighted by Crippen LogP contribution is -2.45. The summed E-state index contributed by atoms with van der Waals surface area (Å²) in [5.41, 5.74) is 0. The molecule has 66 heavy (non-hydrogen) atoms. The van der Waals surface area contributed by atoms with E-state index >= 15 is 0 Å². The molecule has 1 heterocycles. The highest BCUT2D eigenvalue weighted by molar-refractivity contribution is 5.76. The second kappa shape index (κ2) is 45.8. The van der Waals surface area contributed by atoms with Crippen molar-refractivity contribution in [1.82, 2.24) is 9.80 Å². The molecule has 1 aliphatic rings. The average molecular weight is 932 g/mol. The fourth-order valence-electron chi connectivity index (χ4n) is 10.2. The van der Waals surface area contributed by atoms with Gasteiger partial charge in [0.05, 0.1) is 13.2 Å². The third-order valence-corrected chi connectivity index (χ3v) is 15.0. The zero-order valence-electron chi connectivity index (χ0n) is 45.3. The molecule has 0 spiro atoms. The Labute approximate surface area is 411 Å². The van der Waals surface area contributed by atoms with Crippen LogP contribution in [0.2, 0.25) is 0 Å². The maximum absolute atomic E-state index is 14.2. The Bertz CT molecular complexity index is 1040. The first-order valence-electron chi connectivity index (χ1n) is 29.6. The molecular formula is C59H114N2O5. The van der Waals surface area contributed by atoms with Crippen molar-refractivity contribution in [2.45, 2.75) is 304 Å². The Morgan fingerprint density at radius 2 is 0.773 bits per heavy atom. The molecule has 1 aliphatic heterocycles. The summed E-state index contributed by atoms with van der Waals surface area (Å²) in [6.45, 7) is 15.7. The SMILES string of the molecule is CCCCCCCCC(=O)N(CC1CCN(C)CC1)C(CCCCCCCCC(=O)OCC(CCCC)CCCCCC)CCCCCCCCC(=O)OCC(CCCC)CCCCCC. The molecule has 7 nitrogen and oxygen atoms in total. The van der Waals surface area contributed by atoms with Gasteiger partial charge >= 0.3 is 11.9 Å². The molecule has 0 radical (unpaired) electrons. The van der Waals surface area contributed by atoms with E-state index in [0.29, 0.717) is 62.2 Å². The highest BCUT2D eigenvalue weighted by Crippen LogP contribution is 2.26. The molecule has 0 aromatic carbocycles. The predicted molar refractivity (Wildman–Crippen MR) is 283 cm³/mol. The molecule has 7 heteroatoms. The number of rotatable bonds is 48. The van der Waals surface area contributed by atoms with Gasteiger partial charge in [-0.15, -0.1) is 0 Å². The number of amides is 1.